The average Bonchev–Trinajstić information content (AvgIpc) is 3.09. The zero-order valence-electron chi connectivity index (χ0n) is 17.3. The van der Waals surface area contributed by atoms with E-state index >= 15 is 0 Å². The van der Waals surface area contributed by atoms with Crippen LogP contribution in [-0.2, 0) is 16.0 Å². The second kappa shape index (κ2) is 10.1. The van der Waals surface area contributed by atoms with E-state index in [4.69, 9.17) is 0 Å². The van der Waals surface area contributed by atoms with Gasteiger partial charge in [0, 0.05) is 23.7 Å². The first kappa shape index (κ1) is 21.6. The summed E-state index contributed by atoms with van der Waals surface area (Å²) in [6.45, 7) is 4.16. The Kier molecular flexibility index (Phi) is 7.26. The van der Waals surface area contributed by atoms with Gasteiger partial charge in [0.05, 0.1) is 13.1 Å². The molecule has 0 saturated carbocycles. The van der Waals surface area contributed by atoms with Crippen molar-refractivity contribution in [2.75, 3.05) is 30.8 Å². The van der Waals surface area contributed by atoms with Gasteiger partial charge in [0.1, 0.15) is 5.82 Å². The number of nitrogens with zero attached hydrogens (tertiary/aromatic N) is 3. The minimum Gasteiger partial charge on any atom is -0.310 e. The number of rotatable bonds is 8. The number of hydrogen-bond donors (Lipinski definition) is 2. The van der Waals surface area contributed by atoms with E-state index in [-0.39, 0.29) is 24.9 Å². The van der Waals surface area contributed by atoms with Gasteiger partial charge in [-0.25, -0.2) is 9.97 Å². The third-order valence-corrected chi connectivity index (χ3v) is 5.18. The van der Waals surface area contributed by atoms with Crippen LogP contribution in [0.5, 0.6) is 0 Å². The minimum absolute atomic E-state index is 0.0828. The van der Waals surface area contributed by atoms with E-state index in [9.17, 15) is 9.59 Å². The molecule has 0 bridgehead atoms. The standard InChI is InChI=1S/C22H25N5O2S/c1-15-5-4-6-17(9-15)10-18-12-24-22(30-18)26-21(29)14-27(3)13-20(28)25-19-8-7-16(2)11-23-19/h4-9,11-12H,10,13-14H2,1-3H3,(H,23,25,28)(H,24,26,29). The molecular weight excluding hydrogens is 398 g/mol. The lowest BCUT2D eigenvalue weighted by Crippen LogP contribution is -2.36. The van der Waals surface area contributed by atoms with Gasteiger partial charge in [-0.2, -0.15) is 0 Å². The maximum Gasteiger partial charge on any atom is 0.240 e. The van der Waals surface area contributed by atoms with Gasteiger partial charge in [-0.05, 0) is 38.1 Å². The number of benzene rings is 1. The summed E-state index contributed by atoms with van der Waals surface area (Å²) in [5, 5.41) is 6.08. The van der Waals surface area contributed by atoms with Crippen LogP contribution in [0, 0.1) is 13.8 Å². The topological polar surface area (TPSA) is 87.2 Å². The number of carbonyl (C=O) groups is 2. The van der Waals surface area contributed by atoms with Crippen molar-refractivity contribution in [3.63, 3.8) is 0 Å². The molecule has 3 aromatic rings. The van der Waals surface area contributed by atoms with Gasteiger partial charge in [-0.1, -0.05) is 35.9 Å². The third kappa shape index (κ3) is 6.75. The lowest BCUT2D eigenvalue weighted by Gasteiger charge is -2.15. The predicted molar refractivity (Wildman–Crippen MR) is 120 cm³/mol. The van der Waals surface area contributed by atoms with Crippen molar-refractivity contribution in [1.82, 2.24) is 14.9 Å². The van der Waals surface area contributed by atoms with Crippen LogP contribution >= 0.6 is 11.3 Å². The van der Waals surface area contributed by atoms with Crippen molar-refractivity contribution in [1.29, 1.82) is 0 Å². The van der Waals surface area contributed by atoms with E-state index in [1.54, 1.807) is 30.4 Å². The van der Waals surface area contributed by atoms with Crippen molar-refractivity contribution in [3.8, 4) is 0 Å². The summed E-state index contributed by atoms with van der Waals surface area (Å²) in [6.07, 6.45) is 4.25. The summed E-state index contributed by atoms with van der Waals surface area (Å²) in [5.74, 6) is 0.0546. The molecule has 1 aromatic carbocycles. The van der Waals surface area contributed by atoms with Crippen molar-refractivity contribution < 1.29 is 9.59 Å². The van der Waals surface area contributed by atoms with Crippen LogP contribution < -0.4 is 10.6 Å². The highest BCUT2D eigenvalue weighted by atomic mass is 32.1. The van der Waals surface area contributed by atoms with Gasteiger partial charge in [-0.15, -0.1) is 11.3 Å². The largest absolute Gasteiger partial charge is 0.310 e. The van der Waals surface area contributed by atoms with Crippen LogP contribution in [0.4, 0.5) is 10.9 Å². The molecule has 30 heavy (non-hydrogen) atoms. The number of aryl methyl sites for hydroxylation is 2. The lowest BCUT2D eigenvalue weighted by atomic mass is 10.1. The van der Waals surface area contributed by atoms with Gasteiger partial charge in [0.15, 0.2) is 5.13 Å². The van der Waals surface area contributed by atoms with Gasteiger partial charge in [0.25, 0.3) is 0 Å². The molecule has 7 nitrogen and oxygen atoms in total. The van der Waals surface area contributed by atoms with E-state index in [0.717, 1.165) is 16.9 Å². The number of hydrogen-bond acceptors (Lipinski definition) is 6. The molecule has 3 rings (SSSR count). The minimum atomic E-state index is -0.226. The van der Waals surface area contributed by atoms with Crippen LogP contribution in [0.25, 0.3) is 0 Å². The summed E-state index contributed by atoms with van der Waals surface area (Å²) in [4.78, 5) is 35.5. The van der Waals surface area contributed by atoms with E-state index in [2.05, 4.69) is 45.7 Å². The molecule has 2 heterocycles. The number of carbonyl (C=O) groups excluding carboxylic acids is 2. The number of amides is 2. The molecule has 2 amide bonds. The predicted octanol–water partition coefficient (Wildman–Crippen LogP) is 3.25. The second-order valence-corrected chi connectivity index (χ2v) is 8.40. The highest BCUT2D eigenvalue weighted by Crippen LogP contribution is 2.21. The average molecular weight is 424 g/mol. The summed E-state index contributed by atoms with van der Waals surface area (Å²) in [6, 6.07) is 11.9. The fraction of sp³-hybridized carbons (Fsp3) is 0.273. The number of nitrogens with one attached hydrogen (secondary N) is 2. The van der Waals surface area contributed by atoms with Crippen LogP contribution in [0.3, 0.4) is 0 Å². The van der Waals surface area contributed by atoms with Gasteiger partial charge in [0.2, 0.25) is 11.8 Å². The Hall–Kier alpha value is -3.10. The van der Waals surface area contributed by atoms with Crippen LogP contribution in [0.2, 0.25) is 0 Å². The third-order valence-electron chi connectivity index (χ3n) is 4.27. The maximum atomic E-state index is 12.3. The summed E-state index contributed by atoms with van der Waals surface area (Å²) >= 11 is 1.46. The normalized spacial score (nSPS) is 10.8. The molecule has 0 fully saturated rings. The monoisotopic (exact) mass is 423 g/mol. The fourth-order valence-corrected chi connectivity index (χ4v) is 3.76. The first-order valence-electron chi connectivity index (χ1n) is 9.58. The molecule has 0 unspecified atom stereocenters. The van der Waals surface area contributed by atoms with Gasteiger partial charge < -0.3 is 10.6 Å². The first-order chi connectivity index (χ1) is 14.4. The van der Waals surface area contributed by atoms with Crippen LogP contribution in [0.1, 0.15) is 21.6 Å². The Morgan fingerprint density at radius 2 is 1.73 bits per heavy atom. The molecule has 2 N–H and O–H groups in total. The van der Waals surface area contributed by atoms with Crippen molar-refractivity contribution in [3.05, 3.63) is 70.4 Å². The van der Waals surface area contributed by atoms with Crippen molar-refractivity contribution >= 4 is 34.1 Å². The zero-order chi connectivity index (χ0) is 21.5. The molecule has 0 aliphatic rings. The zero-order valence-corrected chi connectivity index (χ0v) is 18.1. The number of aromatic nitrogens is 2. The SMILES string of the molecule is Cc1ccc(NC(=O)CN(C)CC(=O)Nc2ncc(Cc3cccc(C)c3)s2)nc1. The number of thiazole rings is 1. The Morgan fingerprint density at radius 3 is 2.43 bits per heavy atom. The second-order valence-electron chi connectivity index (χ2n) is 7.29. The Morgan fingerprint density at radius 1 is 0.967 bits per heavy atom. The highest BCUT2D eigenvalue weighted by molar-refractivity contribution is 7.15. The molecular formula is C22H25N5O2S. The highest BCUT2D eigenvalue weighted by Gasteiger charge is 2.13. The van der Waals surface area contributed by atoms with E-state index in [1.807, 2.05) is 19.1 Å². The summed E-state index contributed by atoms with van der Waals surface area (Å²) < 4.78 is 0. The van der Waals surface area contributed by atoms with Crippen LogP contribution in [-0.4, -0.2) is 46.8 Å². The van der Waals surface area contributed by atoms with Crippen molar-refractivity contribution in [2.45, 2.75) is 20.3 Å². The fourth-order valence-electron chi connectivity index (χ4n) is 2.90. The van der Waals surface area contributed by atoms with Crippen LogP contribution in [0.15, 0.2) is 48.8 Å². The van der Waals surface area contributed by atoms with Gasteiger partial charge in [-0.3, -0.25) is 14.5 Å². The first-order valence-corrected chi connectivity index (χ1v) is 10.4. The summed E-state index contributed by atoms with van der Waals surface area (Å²) in [5.41, 5.74) is 3.45. The molecule has 2 aromatic heterocycles. The quantitative estimate of drug-likeness (QED) is 0.581. The molecule has 8 heteroatoms. The molecule has 0 spiro atoms. The molecule has 0 aliphatic carbocycles. The van der Waals surface area contributed by atoms with E-state index < -0.39 is 0 Å². The molecule has 0 saturated heterocycles. The Balaban J connectivity index is 1.45. The maximum absolute atomic E-state index is 12.3. The molecule has 0 radical (unpaired) electrons. The number of anilines is 2. The molecule has 156 valence electrons. The van der Waals surface area contributed by atoms with Crippen molar-refractivity contribution in [2.24, 2.45) is 0 Å². The number of pyridine rings is 1. The van der Waals surface area contributed by atoms with Gasteiger partial charge >= 0.3 is 0 Å². The Bertz CT molecular complexity index is 1020. The molecule has 0 aliphatic heterocycles. The molecule has 0 atom stereocenters. The van der Waals surface area contributed by atoms with E-state index in [0.29, 0.717) is 10.9 Å². The Labute approximate surface area is 180 Å². The number of likely N-dealkylation sites (N-methyl/N-ethyl adjacent to an activating group) is 1. The lowest BCUT2D eigenvalue weighted by molar-refractivity contribution is -0.119. The summed E-state index contributed by atoms with van der Waals surface area (Å²) in [7, 11) is 1.72. The van der Waals surface area contributed by atoms with E-state index in [1.165, 1.54) is 22.5 Å². The smallest absolute Gasteiger partial charge is 0.240 e.